The summed E-state index contributed by atoms with van der Waals surface area (Å²) in [5.41, 5.74) is 4.30. The highest BCUT2D eigenvalue weighted by Crippen LogP contribution is 2.32. The molecular formula is C31H36N10O5. The number of aryl methyl sites for hydroxylation is 1. The molecule has 4 amide bonds. The number of piperidine rings is 1. The van der Waals surface area contributed by atoms with Crippen molar-refractivity contribution in [1.82, 2.24) is 40.3 Å². The van der Waals surface area contributed by atoms with Crippen LogP contribution >= 0.6 is 0 Å². The SMILES string of the molecule is CCCn1cc(-c2nc(NCCOCCNC(=O)CNc3cccc4c3CN(C3CCC(=O)NC3=O)C4=O)nc3[nH]ccc23)cn1. The zero-order chi connectivity index (χ0) is 32.0. The van der Waals surface area contributed by atoms with Gasteiger partial charge in [0.15, 0.2) is 0 Å². The molecule has 0 aliphatic carbocycles. The first-order valence-electron chi connectivity index (χ1n) is 15.4. The van der Waals surface area contributed by atoms with Crippen molar-refractivity contribution in [2.75, 3.05) is 43.5 Å². The number of imide groups is 1. The zero-order valence-electron chi connectivity index (χ0n) is 25.5. The van der Waals surface area contributed by atoms with E-state index in [9.17, 15) is 19.2 Å². The van der Waals surface area contributed by atoms with Crippen LogP contribution in [0.4, 0.5) is 11.6 Å². The molecule has 5 heterocycles. The number of benzene rings is 1. The van der Waals surface area contributed by atoms with Crippen LogP contribution in [-0.4, -0.2) is 92.2 Å². The summed E-state index contributed by atoms with van der Waals surface area (Å²) >= 11 is 0. The lowest BCUT2D eigenvalue weighted by molar-refractivity contribution is -0.137. The Kier molecular flexibility index (Phi) is 9.19. The molecule has 240 valence electrons. The summed E-state index contributed by atoms with van der Waals surface area (Å²) in [6.07, 6.45) is 7.10. The van der Waals surface area contributed by atoms with Crippen LogP contribution in [0.5, 0.6) is 0 Å². The highest BCUT2D eigenvalue weighted by atomic mass is 16.5. The van der Waals surface area contributed by atoms with E-state index in [1.807, 2.05) is 29.3 Å². The summed E-state index contributed by atoms with van der Waals surface area (Å²) in [5.74, 6) is -0.807. The number of H-pyrrole nitrogens is 1. The standard InChI is InChI=1S/C31H36N10O5/c1-2-12-40-17-19(15-36-40)27-21-8-9-33-28(21)39-31(38-27)34-11-14-46-13-10-32-26(43)16-35-23-5-3-4-20-22(23)18-41(30(20)45)24-6-7-25(42)37-29(24)44/h3-5,8-9,15,17,24,35H,2,6-7,10-14,16,18H2,1H3,(H,32,43)(H,37,42,44)(H2,33,34,38,39). The number of nitrogens with one attached hydrogen (secondary N) is 5. The van der Waals surface area contributed by atoms with Gasteiger partial charge in [0.25, 0.3) is 5.91 Å². The van der Waals surface area contributed by atoms with Gasteiger partial charge in [0.2, 0.25) is 23.7 Å². The normalized spacial score (nSPS) is 16.1. The van der Waals surface area contributed by atoms with Gasteiger partial charge >= 0.3 is 0 Å². The Morgan fingerprint density at radius 3 is 2.83 bits per heavy atom. The fraction of sp³-hybridized carbons (Fsp3) is 0.387. The van der Waals surface area contributed by atoms with E-state index < -0.39 is 11.9 Å². The summed E-state index contributed by atoms with van der Waals surface area (Å²) in [5, 5.41) is 16.8. The molecule has 1 unspecified atom stereocenters. The number of aromatic nitrogens is 5. The van der Waals surface area contributed by atoms with Crippen molar-refractivity contribution in [2.24, 2.45) is 0 Å². The average Bonchev–Trinajstić information content (AvgIpc) is 3.79. The third-order valence-corrected chi connectivity index (χ3v) is 7.89. The summed E-state index contributed by atoms with van der Waals surface area (Å²) < 4.78 is 7.58. The number of aromatic amines is 1. The third-order valence-electron chi connectivity index (χ3n) is 7.89. The van der Waals surface area contributed by atoms with Crippen LogP contribution in [-0.2, 0) is 32.2 Å². The number of hydrogen-bond acceptors (Lipinski definition) is 10. The van der Waals surface area contributed by atoms with Gasteiger partial charge in [0.05, 0.1) is 31.6 Å². The topological polar surface area (TPSA) is 188 Å². The van der Waals surface area contributed by atoms with E-state index >= 15 is 0 Å². The first-order chi connectivity index (χ1) is 22.4. The Hall–Kier alpha value is -5.31. The molecule has 5 N–H and O–H groups in total. The molecule has 15 nitrogen and oxygen atoms in total. The molecule has 1 fully saturated rings. The summed E-state index contributed by atoms with van der Waals surface area (Å²) in [6, 6.07) is 6.48. The van der Waals surface area contributed by atoms with Crippen LogP contribution in [0.2, 0.25) is 0 Å². The molecule has 1 atom stereocenters. The number of carbonyl (C=O) groups is 4. The first-order valence-corrected chi connectivity index (χ1v) is 15.4. The molecule has 6 rings (SSSR count). The maximum atomic E-state index is 13.0. The molecule has 2 aliphatic heterocycles. The molecule has 46 heavy (non-hydrogen) atoms. The minimum atomic E-state index is -0.696. The van der Waals surface area contributed by atoms with Crippen molar-refractivity contribution in [2.45, 2.75) is 45.3 Å². The summed E-state index contributed by atoms with van der Waals surface area (Å²) in [6.45, 7) is 4.68. The van der Waals surface area contributed by atoms with Crippen LogP contribution in [0, 0.1) is 0 Å². The van der Waals surface area contributed by atoms with Crippen molar-refractivity contribution in [1.29, 1.82) is 0 Å². The van der Waals surface area contributed by atoms with E-state index in [-0.39, 0.29) is 43.7 Å². The van der Waals surface area contributed by atoms with Crippen LogP contribution < -0.4 is 21.3 Å². The van der Waals surface area contributed by atoms with Gasteiger partial charge in [-0.1, -0.05) is 13.0 Å². The summed E-state index contributed by atoms with van der Waals surface area (Å²) in [4.78, 5) is 63.2. The Morgan fingerprint density at radius 2 is 1.98 bits per heavy atom. The highest BCUT2D eigenvalue weighted by Gasteiger charge is 2.39. The molecule has 1 saturated heterocycles. The van der Waals surface area contributed by atoms with Crippen LogP contribution in [0.3, 0.4) is 0 Å². The van der Waals surface area contributed by atoms with Gasteiger partial charge in [-0.15, -0.1) is 0 Å². The van der Waals surface area contributed by atoms with Crippen LogP contribution in [0.1, 0.15) is 42.1 Å². The molecule has 0 spiro atoms. The maximum Gasteiger partial charge on any atom is 0.255 e. The van der Waals surface area contributed by atoms with Crippen molar-refractivity contribution < 1.29 is 23.9 Å². The second kappa shape index (κ2) is 13.8. The number of nitrogens with zero attached hydrogens (tertiary/aromatic N) is 5. The van der Waals surface area contributed by atoms with E-state index in [2.05, 4.69) is 43.3 Å². The Bertz CT molecular complexity index is 1770. The van der Waals surface area contributed by atoms with Gasteiger partial charge < -0.3 is 30.6 Å². The Morgan fingerprint density at radius 1 is 1.11 bits per heavy atom. The molecule has 15 heteroatoms. The second-order valence-electron chi connectivity index (χ2n) is 11.1. The molecule has 3 aromatic heterocycles. The molecule has 0 radical (unpaired) electrons. The number of rotatable bonds is 14. The van der Waals surface area contributed by atoms with E-state index in [1.54, 1.807) is 18.2 Å². The van der Waals surface area contributed by atoms with Gasteiger partial charge in [-0.05, 0) is 31.0 Å². The van der Waals surface area contributed by atoms with Gasteiger partial charge in [-0.3, -0.25) is 29.2 Å². The highest BCUT2D eigenvalue weighted by molar-refractivity contribution is 6.06. The predicted molar refractivity (Wildman–Crippen MR) is 169 cm³/mol. The van der Waals surface area contributed by atoms with Crippen molar-refractivity contribution >= 4 is 46.3 Å². The van der Waals surface area contributed by atoms with E-state index in [1.165, 1.54) is 4.90 Å². The lowest BCUT2D eigenvalue weighted by atomic mass is 10.0. The van der Waals surface area contributed by atoms with Crippen LogP contribution in [0.15, 0.2) is 42.9 Å². The average molecular weight is 629 g/mol. The summed E-state index contributed by atoms with van der Waals surface area (Å²) in [7, 11) is 0. The van der Waals surface area contributed by atoms with Gasteiger partial charge in [0, 0.05) is 72.8 Å². The van der Waals surface area contributed by atoms with E-state index in [0.717, 1.165) is 40.8 Å². The third kappa shape index (κ3) is 6.68. The lowest BCUT2D eigenvalue weighted by Crippen LogP contribution is -2.52. The minimum absolute atomic E-state index is 0.00283. The molecule has 2 aliphatic rings. The van der Waals surface area contributed by atoms with E-state index in [4.69, 9.17) is 9.72 Å². The predicted octanol–water partition coefficient (Wildman–Crippen LogP) is 1.65. The molecular weight excluding hydrogens is 592 g/mol. The number of ether oxygens (including phenoxy) is 1. The molecule has 0 saturated carbocycles. The zero-order valence-corrected chi connectivity index (χ0v) is 25.5. The first kappa shape index (κ1) is 30.7. The van der Waals surface area contributed by atoms with Crippen LogP contribution in [0.25, 0.3) is 22.3 Å². The Balaban J connectivity index is 0.922. The number of hydrogen-bond donors (Lipinski definition) is 5. The second-order valence-corrected chi connectivity index (χ2v) is 11.1. The monoisotopic (exact) mass is 628 g/mol. The van der Waals surface area contributed by atoms with Gasteiger partial charge in [0.1, 0.15) is 11.7 Å². The number of amides is 4. The lowest BCUT2D eigenvalue weighted by Gasteiger charge is -2.29. The molecule has 0 bridgehead atoms. The van der Waals surface area contributed by atoms with Crippen molar-refractivity contribution in [3.63, 3.8) is 0 Å². The van der Waals surface area contributed by atoms with Gasteiger partial charge in [-0.2, -0.15) is 10.1 Å². The Labute approximate surface area is 264 Å². The fourth-order valence-corrected chi connectivity index (χ4v) is 5.67. The molecule has 1 aromatic carbocycles. The largest absolute Gasteiger partial charge is 0.378 e. The number of carbonyl (C=O) groups excluding carboxylic acids is 4. The number of anilines is 2. The van der Waals surface area contributed by atoms with Gasteiger partial charge in [-0.25, -0.2) is 4.98 Å². The van der Waals surface area contributed by atoms with Crippen molar-refractivity contribution in [3.8, 4) is 11.3 Å². The fourth-order valence-electron chi connectivity index (χ4n) is 5.67. The van der Waals surface area contributed by atoms with Crippen molar-refractivity contribution in [3.05, 3.63) is 54.0 Å². The minimum Gasteiger partial charge on any atom is -0.378 e. The smallest absolute Gasteiger partial charge is 0.255 e. The number of fused-ring (bicyclic) bond motifs is 2. The molecule has 4 aromatic rings. The van der Waals surface area contributed by atoms with E-state index in [0.29, 0.717) is 43.5 Å². The maximum absolute atomic E-state index is 13.0. The quantitative estimate of drug-likeness (QED) is 0.101.